The Bertz CT molecular complexity index is 938. The molecule has 5 heterocycles. The number of aliphatic hydroxyl groups excluding tert-OH is 1. The molecule has 7 nitrogen and oxygen atoms in total. The summed E-state index contributed by atoms with van der Waals surface area (Å²) in [4.78, 5) is 19.2. The molecule has 2 atom stereocenters. The maximum Gasteiger partial charge on any atom is 0.148 e. The standard InChI is InChI=1S/C23H30ClN5O2S/c1-16-11-23(15-31-16)5-9-28(10-6-23)19-12-27-20(13-26-19)32-18-4-7-25-22(21(18)24)29-8-2-3-17(29)14-30/h4,7,12-13,16-17,30H,2-3,5-6,8-11,14-15H2,1H3/t16-,17?/m0/s1. The van der Waals surface area contributed by atoms with Crippen LogP contribution in [-0.2, 0) is 4.74 Å². The largest absolute Gasteiger partial charge is 0.394 e. The van der Waals surface area contributed by atoms with Gasteiger partial charge in [-0.2, -0.15) is 0 Å². The van der Waals surface area contributed by atoms with Crippen LogP contribution in [0.5, 0.6) is 0 Å². The molecule has 0 aromatic carbocycles. The molecule has 3 aliphatic rings. The van der Waals surface area contributed by atoms with Crippen molar-refractivity contribution in [3.05, 3.63) is 29.7 Å². The lowest BCUT2D eigenvalue weighted by Crippen LogP contribution is -2.41. The monoisotopic (exact) mass is 475 g/mol. The summed E-state index contributed by atoms with van der Waals surface area (Å²) in [7, 11) is 0. The van der Waals surface area contributed by atoms with Crippen molar-refractivity contribution >= 4 is 35.0 Å². The van der Waals surface area contributed by atoms with E-state index in [4.69, 9.17) is 21.3 Å². The van der Waals surface area contributed by atoms with E-state index in [1.54, 1.807) is 6.20 Å². The van der Waals surface area contributed by atoms with Crippen molar-refractivity contribution < 1.29 is 9.84 Å². The number of piperidine rings is 1. The van der Waals surface area contributed by atoms with Gasteiger partial charge in [0, 0.05) is 30.7 Å². The second-order valence-corrected chi connectivity index (χ2v) is 10.7. The number of hydrogen-bond acceptors (Lipinski definition) is 8. The Labute approximate surface area is 198 Å². The highest BCUT2D eigenvalue weighted by atomic mass is 35.5. The first-order chi connectivity index (χ1) is 15.6. The zero-order valence-electron chi connectivity index (χ0n) is 18.4. The SMILES string of the molecule is C[C@H]1CC2(CCN(c3cnc(Sc4ccnc(N5CCCC5CO)c4Cl)cn3)CC2)CO1. The fourth-order valence-corrected chi connectivity index (χ4v) is 6.32. The molecule has 1 spiro atoms. The van der Waals surface area contributed by atoms with Gasteiger partial charge in [-0.25, -0.2) is 15.0 Å². The number of nitrogens with zero attached hydrogens (tertiary/aromatic N) is 5. The van der Waals surface area contributed by atoms with Crippen LogP contribution in [-0.4, -0.2) is 65.1 Å². The number of aliphatic hydroxyl groups is 1. The molecule has 32 heavy (non-hydrogen) atoms. The van der Waals surface area contributed by atoms with Gasteiger partial charge in [-0.15, -0.1) is 0 Å². The van der Waals surface area contributed by atoms with Gasteiger partial charge in [-0.05, 0) is 50.5 Å². The van der Waals surface area contributed by atoms with Crippen LogP contribution >= 0.6 is 23.4 Å². The Morgan fingerprint density at radius 3 is 2.75 bits per heavy atom. The molecule has 0 bridgehead atoms. The molecule has 2 aromatic heterocycles. The topological polar surface area (TPSA) is 74.6 Å². The zero-order chi connectivity index (χ0) is 22.1. The number of halogens is 1. The molecule has 1 N–H and O–H groups in total. The lowest BCUT2D eigenvalue weighted by Gasteiger charge is -2.38. The summed E-state index contributed by atoms with van der Waals surface area (Å²) in [5.41, 5.74) is 0.360. The van der Waals surface area contributed by atoms with Gasteiger partial charge < -0.3 is 19.6 Å². The molecule has 2 aromatic rings. The Kier molecular flexibility index (Phi) is 6.47. The summed E-state index contributed by atoms with van der Waals surface area (Å²) in [6.07, 6.45) is 11.3. The van der Waals surface area contributed by atoms with Crippen LogP contribution in [0.1, 0.15) is 39.0 Å². The van der Waals surface area contributed by atoms with Crippen LogP contribution in [0.15, 0.2) is 34.6 Å². The average molecular weight is 476 g/mol. The first-order valence-corrected chi connectivity index (χ1v) is 12.6. The minimum Gasteiger partial charge on any atom is -0.394 e. The van der Waals surface area contributed by atoms with E-state index in [-0.39, 0.29) is 12.6 Å². The molecule has 1 unspecified atom stereocenters. The molecule has 3 aliphatic heterocycles. The van der Waals surface area contributed by atoms with E-state index in [1.165, 1.54) is 18.2 Å². The molecule has 0 aliphatic carbocycles. The van der Waals surface area contributed by atoms with E-state index in [2.05, 4.69) is 26.7 Å². The van der Waals surface area contributed by atoms with E-state index in [0.717, 1.165) is 73.5 Å². The fourth-order valence-electron chi connectivity index (χ4n) is 5.24. The molecular weight excluding hydrogens is 446 g/mol. The Morgan fingerprint density at radius 2 is 2.06 bits per heavy atom. The third-order valence-electron chi connectivity index (χ3n) is 7.07. The molecule has 9 heteroatoms. The number of ether oxygens (including phenoxy) is 1. The number of pyridine rings is 1. The van der Waals surface area contributed by atoms with Crippen LogP contribution < -0.4 is 9.80 Å². The summed E-state index contributed by atoms with van der Waals surface area (Å²) >= 11 is 8.21. The van der Waals surface area contributed by atoms with Crippen LogP contribution in [0, 0.1) is 5.41 Å². The molecule has 3 fully saturated rings. The highest BCUT2D eigenvalue weighted by Gasteiger charge is 2.41. The van der Waals surface area contributed by atoms with E-state index in [9.17, 15) is 5.11 Å². The van der Waals surface area contributed by atoms with E-state index < -0.39 is 0 Å². The molecule has 0 saturated carbocycles. The quantitative estimate of drug-likeness (QED) is 0.694. The molecule has 172 valence electrons. The van der Waals surface area contributed by atoms with Gasteiger partial charge in [0.05, 0.1) is 42.8 Å². The zero-order valence-corrected chi connectivity index (χ0v) is 20.0. The minimum atomic E-state index is 0.0852. The second kappa shape index (κ2) is 9.33. The second-order valence-electron chi connectivity index (χ2n) is 9.25. The first-order valence-electron chi connectivity index (χ1n) is 11.5. The van der Waals surface area contributed by atoms with Gasteiger partial charge in [-0.3, -0.25) is 0 Å². The average Bonchev–Trinajstić information content (AvgIpc) is 3.43. The maximum atomic E-state index is 9.65. The molecule has 0 amide bonds. The van der Waals surface area contributed by atoms with Crippen molar-refractivity contribution in [3.63, 3.8) is 0 Å². The van der Waals surface area contributed by atoms with Crippen molar-refractivity contribution in [2.75, 3.05) is 42.6 Å². The highest BCUT2D eigenvalue weighted by Crippen LogP contribution is 2.43. The molecular formula is C23H30ClN5O2S. The van der Waals surface area contributed by atoms with Gasteiger partial charge in [-0.1, -0.05) is 23.4 Å². The van der Waals surface area contributed by atoms with Crippen LogP contribution in [0.25, 0.3) is 0 Å². The first kappa shape index (κ1) is 22.2. The smallest absolute Gasteiger partial charge is 0.148 e. The predicted molar refractivity (Wildman–Crippen MR) is 127 cm³/mol. The summed E-state index contributed by atoms with van der Waals surface area (Å²) in [5, 5.41) is 11.1. The van der Waals surface area contributed by atoms with Crippen LogP contribution in [0.3, 0.4) is 0 Å². The van der Waals surface area contributed by atoms with Gasteiger partial charge >= 0.3 is 0 Å². The van der Waals surface area contributed by atoms with Gasteiger partial charge in [0.25, 0.3) is 0 Å². The van der Waals surface area contributed by atoms with Gasteiger partial charge in [0.1, 0.15) is 16.7 Å². The Morgan fingerprint density at radius 1 is 1.22 bits per heavy atom. The summed E-state index contributed by atoms with van der Waals surface area (Å²) in [5.74, 6) is 1.67. The van der Waals surface area contributed by atoms with Crippen molar-refractivity contribution in [1.82, 2.24) is 15.0 Å². The third kappa shape index (κ3) is 4.42. The number of aromatic nitrogens is 3. The number of rotatable bonds is 5. The van der Waals surface area contributed by atoms with Gasteiger partial charge in [0.2, 0.25) is 0 Å². The van der Waals surface area contributed by atoms with E-state index >= 15 is 0 Å². The number of anilines is 2. The van der Waals surface area contributed by atoms with E-state index in [0.29, 0.717) is 16.5 Å². The summed E-state index contributed by atoms with van der Waals surface area (Å²) in [6.45, 7) is 6.05. The third-order valence-corrected chi connectivity index (χ3v) is 8.53. The van der Waals surface area contributed by atoms with E-state index in [1.807, 2.05) is 18.5 Å². The van der Waals surface area contributed by atoms with Gasteiger partial charge in [0.15, 0.2) is 0 Å². The van der Waals surface area contributed by atoms with Crippen molar-refractivity contribution in [2.45, 2.75) is 61.1 Å². The van der Waals surface area contributed by atoms with Crippen LogP contribution in [0.4, 0.5) is 11.6 Å². The lowest BCUT2D eigenvalue weighted by molar-refractivity contribution is 0.0976. The van der Waals surface area contributed by atoms with Crippen LogP contribution in [0.2, 0.25) is 5.02 Å². The van der Waals surface area contributed by atoms with Crippen molar-refractivity contribution in [3.8, 4) is 0 Å². The minimum absolute atomic E-state index is 0.0852. The normalized spacial score (nSPS) is 25.1. The summed E-state index contributed by atoms with van der Waals surface area (Å²) < 4.78 is 5.84. The molecule has 0 radical (unpaired) electrons. The Hall–Kier alpha value is -1.61. The Balaban J connectivity index is 1.24. The lowest BCUT2D eigenvalue weighted by atomic mass is 9.77. The molecule has 3 saturated heterocycles. The molecule has 5 rings (SSSR count). The fraction of sp³-hybridized carbons (Fsp3) is 0.609. The predicted octanol–water partition coefficient (Wildman–Crippen LogP) is 4.03. The maximum absolute atomic E-state index is 9.65. The number of hydrogen-bond donors (Lipinski definition) is 1. The highest BCUT2D eigenvalue weighted by molar-refractivity contribution is 7.99. The summed E-state index contributed by atoms with van der Waals surface area (Å²) in [6, 6.07) is 1.99. The van der Waals surface area contributed by atoms with Crippen molar-refractivity contribution in [1.29, 1.82) is 0 Å². The van der Waals surface area contributed by atoms with Crippen molar-refractivity contribution in [2.24, 2.45) is 5.41 Å².